The number of likely N-dealkylation sites (tertiary alicyclic amines) is 1. The largest absolute Gasteiger partial charge is 0.494 e. The Morgan fingerprint density at radius 2 is 1.68 bits per heavy atom. The molecular formula is C52H65ClN6O8S. The zero-order valence-electron chi connectivity index (χ0n) is 40.5. The van der Waals surface area contributed by atoms with Crippen LogP contribution in [-0.4, -0.2) is 94.8 Å². The molecule has 1 aromatic heterocycles. The third-order valence-corrected chi connectivity index (χ3v) is 14.3. The number of β-amino-alcohol motifs (C(OH)–C–C–N with tert-alkyl or cyclic N) is 1. The Morgan fingerprint density at radius 1 is 1.00 bits per heavy atom. The lowest BCUT2D eigenvalue weighted by molar-refractivity contribution is -0.164. The molecule has 1 aliphatic carbocycles. The Kier molecular flexibility index (Phi) is 16.6. The van der Waals surface area contributed by atoms with Crippen LogP contribution in [0.25, 0.3) is 10.4 Å². The number of halogens is 1. The van der Waals surface area contributed by atoms with Crippen LogP contribution in [0.4, 0.5) is 0 Å². The van der Waals surface area contributed by atoms with Gasteiger partial charge in [-0.15, -0.1) is 11.3 Å². The van der Waals surface area contributed by atoms with Gasteiger partial charge in [-0.2, -0.15) is 5.26 Å². The molecule has 4 atom stereocenters. The van der Waals surface area contributed by atoms with Crippen molar-refractivity contribution in [2.45, 2.75) is 131 Å². The highest BCUT2D eigenvalue weighted by Crippen LogP contribution is 2.55. The summed E-state index contributed by atoms with van der Waals surface area (Å²) in [7, 11) is 0. The summed E-state index contributed by atoms with van der Waals surface area (Å²) in [5, 5.41) is 29.1. The highest BCUT2D eigenvalue weighted by molar-refractivity contribution is 7.13. The summed E-state index contributed by atoms with van der Waals surface area (Å²) >= 11 is 7.81. The van der Waals surface area contributed by atoms with Gasteiger partial charge in [-0.3, -0.25) is 19.2 Å². The Bertz CT molecular complexity index is 2450. The van der Waals surface area contributed by atoms with Gasteiger partial charge < -0.3 is 40.2 Å². The van der Waals surface area contributed by atoms with Gasteiger partial charge in [0.2, 0.25) is 17.7 Å². The summed E-state index contributed by atoms with van der Waals surface area (Å²) in [5.74, 6) is -0.237. The maximum absolute atomic E-state index is 14.0. The van der Waals surface area contributed by atoms with Crippen molar-refractivity contribution in [2.24, 2.45) is 16.2 Å². The van der Waals surface area contributed by atoms with E-state index in [2.05, 4.69) is 54.7 Å². The zero-order valence-corrected chi connectivity index (χ0v) is 42.1. The van der Waals surface area contributed by atoms with Crippen LogP contribution in [0.1, 0.15) is 108 Å². The van der Waals surface area contributed by atoms with Crippen molar-refractivity contribution in [3.8, 4) is 28.0 Å². The summed E-state index contributed by atoms with van der Waals surface area (Å²) in [4.78, 5) is 60.9. The van der Waals surface area contributed by atoms with Crippen LogP contribution < -0.4 is 25.4 Å². The number of aryl methyl sites for hydroxylation is 1. The van der Waals surface area contributed by atoms with E-state index in [-0.39, 0.29) is 56.2 Å². The quantitative estimate of drug-likeness (QED) is 0.0670. The summed E-state index contributed by atoms with van der Waals surface area (Å²) in [6.07, 6.45) is 0.965. The molecule has 0 radical (unpaired) electrons. The monoisotopic (exact) mass is 968 g/mol. The highest BCUT2D eigenvalue weighted by atomic mass is 35.5. The predicted octanol–water partition coefficient (Wildman–Crippen LogP) is 8.02. The fraction of sp³-hybridized carbons (Fsp3) is 0.500. The van der Waals surface area contributed by atoms with E-state index < -0.39 is 46.2 Å². The van der Waals surface area contributed by atoms with Gasteiger partial charge >= 0.3 is 0 Å². The second-order valence-corrected chi connectivity index (χ2v) is 21.5. The topological polar surface area (TPSA) is 192 Å². The van der Waals surface area contributed by atoms with E-state index in [0.717, 1.165) is 34.5 Å². The van der Waals surface area contributed by atoms with Gasteiger partial charge in [0.25, 0.3) is 5.91 Å². The Hall–Kier alpha value is -5.53. The molecule has 4 N–H and O–H groups in total. The molecule has 0 bridgehead atoms. The average molecular weight is 970 g/mol. The number of ether oxygens (including phenoxy) is 3. The number of carbonyl (C=O) groups is 4. The first-order chi connectivity index (χ1) is 32.1. The van der Waals surface area contributed by atoms with Crippen LogP contribution >= 0.6 is 22.9 Å². The number of hydrogen-bond acceptors (Lipinski definition) is 11. The fourth-order valence-corrected chi connectivity index (χ4v) is 10.5. The van der Waals surface area contributed by atoms with E-state index >= 15 is 0 Å². The average Bonchev–Trinajstić information content (AvgIpc) is 3.92. The lowest BCUT2D eigenvalue weighted by Gasteiger charge is -2.63. The number of thiazole rings is 1. The smallest absolute Gasteiger partial charge is 0.251 e. The molecular weight excluding hydrogens is 904 g/mol. The molecule has 16 heteroatoms. The van der Waals surface area contributed by atoms with Gasteiger partial charge in [0.15, 0.2) is 0 Å². The fourth-order valence-electron chi connectivity index (χ4n) is 9.52. The first-order valence-electron chi connectivity index (χ1n) is 23.2. The van der Waals surface area contributed by atoms with E-state index in [1.165, 1.54) is 4.90 Å². The van der Waals surface area contributed by atoms with Crippen molar-refractivity contribution in [1.29, 1.82) is 5.26 Å². The van der Waals surface area contributed by atoms with Crippen LogP contribution in [0.15, 0.2) is 72.2 Å². The van der Waals surface area contributed by atoms with Gasteiger partial charge in [-0.05, 0) is 86.1 Å². The molecule has 4 amide bonds. The van der Waals surface area contributed by atoms with Gasteiger partial charge in [0.1, 0.15) is 42.4 Å². The van der Waals surface area contributed by atoms with Crippen molar-refractivity contribution in [2.75, 3.05) is 19.8 Å². The number of nitrogens with one attached hydrogen (secondary N) is 3. The first-order valence-corrected chi connectivity index (χ1v) is 24.4. The van der Waals surface area contributed by atoms with Gasteiger partial charge in [-0.25, -0.2) is 4.98 Å². The molecule has 2 unspecified atom stereocenters. The number of unbranched alkanes of at least 4 members (excludes halogenated alkanes) is 1. The van der Waals surface area contributed by atoms with Crippen LogP contribution in [0, 0.1) is 34.5 Å². The molecule has 364 valence electrons. The molecule has 6 rings (SSSR count). The van der Waals surface area contributed by atoms with E-state index in [1.54, 1.807) is 53.8 Å². The van der Waals surface area contributed by atoms with E-state index in [9.17, 15) is 29.5 Å². The van der Waals surface area contributed by atoms with Crippen molar-refractivity contribution >= 4 is 46.6 Å². The third kappa shape index (κ3) is 12.4. The lowest BCUT2D eigenvalue weighted by Crippen LogP contribution is -2.74. The summed E-state index contributed by atoms with van der Waals surface area (Å²) in [6.45, 7) is 18.1. The predicted molar refractivity (Wildman–Crippen MR) is 262 cm³/mol. The number of aromatic nitrogens is 1. The second kappa shape index (κ2) is 21.8. The van der Waals surface area contributed by atoms with Gasteiger partial charge in [0, 0.05) is 48.0 Å². The van der Waals surface area contributed by atoms with Gasteiger partial charge in [-0.1, -0.05) is 84.3 Å². The number of benzene rings is 3. The molecule has 4 aromatic rings. The maximum atomic E-state index is 14.0. The van der Waals surface area contributed by atoms with Crippen LogP contribution in [0.3, 0.4) is 0 Å². The summed E-state index contributed by atoms with van der Waals surface area (Å²) < 4.78 is 18.2. The van der Waals surface area contributed by atoms with Crippen molar-refractivity contribution in [3.63, 3.8) is 0 Å². The molecule has 68 heavy (non-hydrogen) atoms. The highest BCUT2D eigenvalue weighted by Gasteiger charge is 2.64. The number of nitriles is 1. The lowest BCUT2D eigenvalue weighted by atomic mass is 9.49. The third-order valence-electron chi connectivity index (χ3n) is 13.0. The van der Waals surface area contributed by atoms with Gasteiger partial charge in [0.05, 0.1) is 45.5 Å². The number of aliphatic hydroxyl groups excluding tert-OH is 1. The first kappa shape index (κ1) is 51.9. The van der Waals surface area contributed by atoms with Crippen LogP contribution in [0.2, 0.25) is 5.02 Å². The molecule has 2 aliphatic rings. The minimum atomic E-state index is -0.962. The minimum absolute atomic E-state index is 0.0160. The molecule has 1 saturated heterocycles. The van der Waals surface area contributed by atoms with Crippen molar-refractivity contribution < 1.29 is 38.5 Å². The number of hydrogen-bond donors (Lipinski definition) is 4. The van der Waals surface area contributed by atoms with Crippen molar-refractivity contribution in [3.05, 3.63) is 99.6 Å². The number of nitrogens with zero attached hydrogens (tertiary/aromatic N) is 3. The number of aliphatic hydroxyl groups is 1. The molecule has 0 spiro atoms. The summed E-state index contributed by atoms with van der Waals surface area (Å²) in [5.41, 5.74) is 4.12. The zero-order chi connectivity index (χ0) is 49.6. The molecule has 2 fully saturated rings. The Morgan fingerprint density at radius 3 is 2.29 bits per heavy atom. The molecule has 1 aliphatic heterocycles. The maximum Gasteiger partial charge on any atom is 0.251 e. The van der Waals surface area contributed by atoms with E-state index in [4.69, 9.17) is 25.8 Å². The Balaban J connectivity index is 0.895. The Labute approximate surface area is 409 Å². The minimum Gasteiger partial charge on any atom is -0.494 e. The molecule has 14 nitrogen and oxygen atoms in total. The SMILES string of the molecule is Cc1ncsc1-c1ccc(CNC(=O)[C@@H]2C[C@@H](O)CN2C(=O)C(NC(=O)COC(C)CCCCOc2ccc(C(=O)N[C@H]3C(C)(C)[C@H](Oc4ccc(C#N)c(Cl)c4)C3(C)C)cc2)C(C)(C)C)cc1. The number of rotatable bonds is 19. The van der Waals surface area contributed by atoms with Crippen LogP contribution in [-0.2, 0) is 25.7 Å². The molecule has 3 aromatic carbocycles. The standard InChI is InChI=1S/C52H65ClN6O8S/c1-31(12-10-11-23-65-38-20-17-35(18-21-38)45(62)58-48-51(6,7)49(52(48,8)9)67-39-22-19-36(26-54)40(53)25-39)66-29-42(61)57-44(50(3,4)5)47(64)59-28-37(60)24-41(59)46(63)55-27-33-13-15-34(16-14-33)43-32(2)56-30-68-43/h13-22,25,30-31,37,41,44,48-49,60H,10-12,23-24,27-29H2,1-9H3,(H,55,63)(H,57,61)(H,58,62)/t31?,37-,41+,44?,48-,49-/m1/s1. The normalized spacial score (nSPS) is 20.3. The van der Waals surface area contributed by atoms with Crippen LogP contribution in [0.5, 0.6) is 11.5 Å². The number of carbonyl (C=O) groups excluding carboxylic acids is 4. The number of amides is 4. The molecule has 1 saturated carbocycles. The van der Waals surface area contributed by atoms with E-state index in [1.807, 2.05) is 64.4 Å². The molecule has 2 heterocycles. The van der Waals surface area contributed by atoms with Crippen molar-refractivity contribution in [1.82, 2.24) is 25.8 Å². The summed E-state index contributed by atoms with van der Waals surface area (Å²) in [6, 6.07) is 20.0. The second-order valence-electron chi connectivity index (χ2n) is 20.2. The van der Waals surface area contributed by atoms with E-state index in [0.29, 0.717) is 40.7 Å².